The highest BCUT2D eigenvalue weighted by molar-refractivity contribution is 5.97. The molecule has 7 heteroatoms. The van der Waals surface area contributed by atoms with E-state index in [4.69, 9.17) is 5.73 Å². The number of nitrogens with two attached hydrogens (primary N) is 1. The van der Waals surface area contributed by atoms with Gasteiger partial charge in [0.25, 0.3) is 5.91 Å². The van der Waals surface area contributed by atoms with Gasteiger partial charge in [0.15, 0.2) is 0 Å². The molecule has 0 spiro atoms. The predicted octanol–water partition coefficient (Wildman–Crippen LogP) is 1.65. The van der Waals surface area contributed by atoms with Crippen molar-refractivity contribution in [1.29, 1.82) is 0 Å². The molecule has 1 aromatic carbocycles. The molecule has 0 radical (unpaired) electrons. The van der Waals surface area contributed by atoms with Gasteiger partial charge in [0.05, 0.1) is 0 Å². The molecular formula is C13H13F3N2O2. The number of carbonyl (C=O) groups is 2. The van der Waals surface area contributed by atoms with E-state index in [1.165, 1.54) is 0 Å². The largest absolute Gasteiger partial charge is 0.368 e. The lowest BCUT2D eigenvalue weighted by Gasteiger charge is -2.16. The number of halogens is 3. The Bertz CT molecular complexity index is 550. The van der Waals surface area contributed by atoms with E-state index < -0.39 is 40.9 Å². The van der Waals surface area contributed by atoms with E-state index >= 15 is 0 Å². The third-order valence-electron chi connectivity index (χ3n) is 2.44. The van der Waals surface area contributed by atoms with Crippen LogP contribution in [0.3, 0.4) is 0 Å². The van der Waals surface area contributed by atoms with Crippen LogP contribution in [-0.4, -0.2) is 17.9 Å². The van der Waals surface area contributed by atoms with E-state index in [2.05, 4.69) is 11.9 Å². The predicted molar refractivity (Wildman–Crippen MR) is 66.2 cm³/mol. The Hall–Kier alpha value is -2.31. The number of rotatable bonds is 5. The second-order valence-electron chi connectivity index (χ2n) is 4.33. The Morgan fingerprint density at radius 1 is 1.30 bits per heavy atom. The summed E-state index contributed by atoms with van der Waals surface area (Å²) in [4.78, 5) is 22.9. The van der Waals surface area contributed by atoms with Gasteiger partial charge in [-0.1, -0.05) is 5.57 Å². The summed E-state index contributed by atoms with van der Waals surface area (Å²) in [5.41, 5.74) is 4.65. The fourth-order valence-electron chi connectivity index (χ4n) is 1.56. The smallest absolute Gasteiger partial charge is 0.257 e. The minimum absolute atomic E-state index is 0.0332. The van der Waals surface area contributed by atoms with Gasteiger partial charge in [0.2, 0.25) is 5.91 Å². The molecule has 108 valence electrons. The summed E-state index contributed by atoms with van der Waals surface area (Å²) in [6, 6.07) is -0.407. The highest BCUT2D eigenvalue weighted by Crippen LogP contribution is 2.15. The van der Waals surface area contributed by atoms with Gasteiger partial charge in [-0.2, -0.15) is 0 Å². The lowest BCUT2D eigenvalue weighted by Crippen LogP contribution is -2.45. The monoisotopic (exact) mass is 286 g/mol. The summed E-state index contributed by atoms with van der Waals surface area (Å²) in [7, 11) is 0. The first-order chi connectivity index (χ1) is 9.22. The van der Waals surface area contributed by atoms with Gasteiger partial charge < -0.3 is 11.1 Å². The molecule has 1 rings (SSSR count). The average Bonchev–Trinajstić information content (AvgIpc) is 2.25. The lowest BCUT2D eigenvalue weighted by molar-refractivity contribution is -0.119. The topological polar surface area (TPSA) is 72.2 Å². The maximum absolute atomic E-state index is 13.4. The molecule has 3 N–H and O–H groups in total. The summed E-state index contributed by atoms with van der Waals surface area (Å²) in [6.45, 7) is 5.15. The van der Waals surface area contributed by atoms with Gasteiger partial charge in [0.1, 0.15) is 29.1 Å². The summed E-state index contributed by atoms with van der Waals surface area (Å²) in [6.07, 6.45) is 0.0332. The molecule has 1 aromatic rings. The van der Waals surface area contributed by atoms with Gasteiger partial charge >= 0.3 is 0 Å². The zero-order valence-corrected chi connectivity index (χ0v) is 10.7. The Balaban J connectivity index is 3.01. The van der Waals surface area contributed by atoms with Crippen LogP contribution in [0.25, 0.3) is 0 Å². The molecule has 0 aromatic heterocycles. The number of carbonyl (C=O) groups excluding carboxylic acids is 2. The number of amides is 2. The molecule has 0 bridgehead atoms. The SMILES string of the molecule is C=C(C)C[C@@H](NC(=O)c1c(F)cc(F)cc1F)C(N)=O. The summed E-state index contributed by atoms with van der Waals surface area (Å²) < 4.78 is 39.5. The number of hydrogen-bond acceptors (Lipinski definition) is 2. The quantitative estimate of drug-likeness (QED) is 0.808. The Morgan fingerprint density at radius 2 is 1.80 bits per heavy atom. The van der Waals surface area contributed by atoms with Gasteiger partial charge in [-0.05, 0) is 13.3 Å². The number of hydrogen-bond donors (Lipinski definition) is 2. The molecule has 0 heterocycles. The van der Waals surface area contributed by atoms with E-state index in [1.807, 2.05) is 0 Å². The van der Waals surface area contributed by atoms with Crippen molar-refractivity contribution in [2.45, 2.75) is 19.4 Å². The van der Waals surface area contributed by atoms with Crippen LogP contribution in [0.1, 0.15) is 23.7 Å². The van der Waals surface area contributed by atoms with Crippen molar-refractivity contribution in [3.63, 3.8) is 0 Å². The Labute approximate surface area is 113 Å². The summed E-state index contributed by atoms with van der Waals surface area (Å²) in [5.74, 6) is -5.93. The van der Waals surface area contributed by atoms with Crippen LogP contribution in [0, 0.1) is 17.5 Å². The van der Waals surface area contributed by atoms with E-state index in [0.717, 1.165) is 0 Å². The van der Waals surface area contributed by atoms with E-state index in [0.29, 0.717) is 17.7 Å². The van der Waals surface area contributed by atoms with Crippen molar-refractivity contribution in [1.82, 2.24) is 5.32 Å². The summed E-state index contributed by atoms with van der Waals surface area (Å²) >= 11 is 0. The second-order valence-corrected chi connectivity index (χ2v) is 4.33. The van der Waals surface area contributed by atoms with Crippen molar-refractivity contribution in [2.75, 3.05) is 0 Å². The number of nitrogens with one attached hydrogen (secondary N) is 1. The highest BCUT2D eigenvalue weighted by Gasteiger charge is 2.24. The van der Waals surface area contributed by atoms with Crippen LogP contribution in [0.2, 0.25) is 0 Å². The van der Waals surface area contributed by atoms with Gasteiger partial charge in [-0.3, -0.25) is 9.59 Å². The van der Waals surface area contributed by atoms with E-state index in [-0.39, 0.29) is 6.42 Å². The van der Waals surface area contributed by atoms with Crippen LogP contribution in [0.5, 0.6) is 0 Å². The number of primary amides is 1. The third kappa shape index (κ3) is 3.84. The molecule has 0 aliphatic carbocycles. The zero-order valence-electron chi connectivity index (χ0n) is 10.7. The van der Waals surface area contributed by atoms with Crippen LogP contribution in [-0.2, 0) is 4.79 Å². The molecule has 0 aliphatic rings. The first kappa shape index (κ1) is 15.7. The minimum Gasteiger partial charge on any atom is -0.368 e. The molecular weight excluding hydrogens is 273 g/mol. The van der Waals surface area contributed by atoms with Crippen molar-refractivity contribution >= 4 is 11.8 Å². The minimum atomic E-state index is -1.36. The van der Waals surface area contributed by atoms with E-state index in [9.17, 15) is 22.8 Å². The van der Waals surface area contributed by atoms with Crippen LogP contribution in [0.15, 0.2) is 24.3 Å². The molecule has 0 saturated heterocycles. The highest BCUT2D eigenvalue weighted by atomic mass is 19.1. The molecule has 4 nitrogen and oxygen atoms in total. The number of benzene rings is 1. The zero-order chi connectivity index (χ0) is 15.4. The Morgan fingerprint density at radius 3 is 2.20 bits per heavy atom. The second kappa shape index (κ2) is 6.23. The molecule has 20 heavy (non-hydrogen) atoms. The van der Waals surface area contributed by atoms with Crippen molar-refractivity contribution in [3.8, 4) is 0 Å². The molecule has 2 amide bonds. The maximum Gasteiger partial charge on any atom is 0.257 e. The fraction of sp³-hybridized carbons (Fsp3) is 0.231. The molecule has 0 aliphatic heterocycles. The fourth-order valence-corrected chi connectivity index (χ4v) is 1.56. The van der Waals surface area contributed by atoms with Crippen molar-refractivity contribution < 1.29 is 22.8 Å². The van der Waals surface area contributed by atoms with Gasteiger partial charge in [-0.25, -0.2) is 13.2 Å². The van der Waals surface area contributed by atoms with E-state index in [1.54, 1.807) is 6.92 Å². The van der Waals surface area contributed by atoms with Crippen molar-refractivity contribution in [3.05, 3.63) is 47.3 Å². The lowest BCUT2D eigenvalue weighted by atomic mass is 10.1. The van der Waals surface area contributed by atoms with Crippen LogP contribution in [0.4, 0.5) is 13.2 Å². The first-order valence-electron chi connectivity index (χ1n) is 5.61. The summed E-state index contributed by atoms with van der Waals surface area (Å²) in [5, 5.41) is 2.09. The standard InChI is InChI=1S/C13H13F3N2O2/c1-6(2)3-10(12(17)19)18-13(20)11-8(15)4-7(14)5-9(11)16/h4-5,10H,1,3H2,2H3,(H2,17,19)(H,18,20)/t10-/m1/s1. The van der Waals surface area contributed by atoms with Crippen molar-refractivity contribution in [2.24, 2.45) is 5.73 Å². The molecule has 1 atom stereocenters. The molecule has 0 fully saturated rings. The van der Waals surface area contributed by atoms with Gasteiger partial charge in [-0.15, -0.1) is 6.58 Å². The Kier molecular flexibility index (Phi) is 4.90. The van der Waals surface area contributed by atoms with Gasteiger partial charge in [0, 0.05) is 12.1 Å². The normalized spacial score (nSPS) is 11.8. The maximum atomic E-state index is 13.4. The average molecular weight is 286 g/mol. The molecule has 0 saturated carbocycles. The van der Waals surface area contributed by atoms with Crippen LogP contribution < -0.4 is 11.1 Å². The first-order valence-corrected chi connectivity index (χ1v) is 5.61. The van der Waals surface area contributed by atoms with Crippen LogP contribution >= 0.6 is 0 Å². The molecule has 0 unspecified atom stereocenters. The third-order valence-corrected chi connectivity index (χ3v) is 2.44.